The minimum Gasteiger partial charge on any atom is -0.446 e. The van der Waals surface area contributed by atoms with Crippen LogP contribution in [0.25, 0.3) is 0 Å². The normalized spacial score (nSPS) is 10.2. The van der Waals surface area contributed by atoms with Crippen LogP contribution in [-0.2, 0) is 9.53 Å². The minimum absolute atomic E-state index is 0.316. The first-order valence-corrected chi connectivity index (χ1v) is 4.59. The van der Waals surface area contributed by atoms with Gasteiger partial charge in [0, 0.05) is 12.1 Å². The lowest BCUT2D eigenvalue weighted by Crippen LogP contribution is -2.25. The molecule has 3 heteroatoms. The molecule has 0 aromatic carbocycles. The molecule has 0 spiro atoms. The fourth-order valence-corrected chi connectivity index (χ4v) is 0.785. The summed E-state index contributed by atoms with van der Waals surface area (Å²) in [6.45, 7) is 8.59. The van der Waals surface area contributed by atoms with Crippen molar-refractivity contribution < 1.29 is 9.53 Å². The lowest BCUT2D eigenvalue weighted by molar-refractivity contribution is -0.143. The second-order valence-corrected chi connectivity index (χ2v) is 3.27. The Morgan fingerprint density at radius 3 is 2.62 bits per heavy atom. The van der Waals surface area contributed by atoms with Gasteiger partial charge in [-0.05, 0) is 20.4 Å². The van der Waals surface area contributed by atoms with Gasteiger partial charge in [0.25, 0.3) is 0 Å². The summed E-state index contributed by atoms with van der Waals surface area (Å²) in [5, 5.41) is 0. The molecule has 76 valence electrons. The fourth-order valence-electron chi connectivity index (χ4n) is 0.785. The summed E-state index contributed by atoms with van der Waals surface area (Å²) < 4.78 is 4.95. The second kappa shape index (κ2) is 6.66. The van der Waals surface area contributed by atoms with E-state index in [1.807, 2.05) is 11.9 Å². The molecule has 0 amide bonds. The van der Waals surface area contributed by atoms with Crippen LogP contribution in [0.3, 0.4) is 0 Å². The zero-order chi connectivity index (χ0) is 10.3. The molecule has 0 rings (SSSR count). The van der Waals surface area contributed by atoms with Gasteiger partial charge in [-0.3, -0.25) is 4.90 Å². The smallest absolute Gasteiger partial charge is 0.334 e. The lowest BCUT2D eigenvalue weighted by atomic mass is 10.3. The highest BCUT2D eigenvalue weighted by Crippen LogP contribution is 1.95. The number of rotatable bonds is 6. The van der Waals surface area contributed by atoms with Crippen LogP contribution in [0.4, 0.5) is 0 Å². The molecule has 0 aromatic heterocycles. The SMILES string of the molecule is C=C(C)C(=O)OCN(C)CCCC. The Hall–Kier alpha value is -0.830. The molecular formula is C10H19NO2. The van der Waals surface area contributed by atoms with E-state index in [1.54, 1.807) is 6.92 Å². The van der Waals surface area contributed by atoms with Crippen molar-refractivity contribution in [2.45, 2.75) is 26.7 Å². The van der Waals surface area contributed by atoms with Gasteiger partial charge in [0.1, 0.15) is 6.73 Å². The molecule has 0 bridgehead atoms. The van der Waals surface area contributed by atoms with E-state index in [4.69, 9.17) is 4.74 Å². The Bertz CT molecular complexity index is 178. The molecule has 0 aromatic rings. The maximum absolute atomic E-state index is 11.0. The van der Waals surface area contributed by atoms with Crippen molar-refractivity contribution in [3.63, 3.8) is 0 Å². The summed E-state index contributed by atoms with van der Waals surface area (Å²) in [7, 11) is 1.93. The quantitative estimate of drug-likeness (QED) is 0.359. The van der Waals surface area contributed by atoms with Crippen molar-refractivity contribution in [2.75, 3.05) is 20.3 Å². The number of ether oxygens (including phenoxy) is 1. The van der Waals surface area contributed by atoms with E-state index >= 15 is 0 Å². The van der Waals surface area contributed by atoms with E-state index in [1.165, 1.54) is 0 Å². The number of nitrogens with zero attached hydrogens (tertiary/aromatic N) is 1. The molecule has 0 N–H and O–H groups in total. The van der Waals surface area contributed by atoms with E-state index in [2.05, 4.69) is 13.5 Å². The average Bonchev–Trinajstić information content (AvgIpc) is 2.10. The standard InChI is InChI=1S/C10H19NO2/c1-5-6-7-11(4)8-13-10(12)9(2)3/h2,5-8H2,1,3-4H3. The maximum atomic E-state index is 11.0. The predicted molar refractivity (Wildman–Crippen MR) is 53.3 cm³/mol. The Morgan fingerprint density at radius 2 is 2.15 bits per heavy atom. The van der Waals surface area contributed by atoms with Gasteiger partial charge in [-0.25, -0.2) is 4.79 Å². The number of carbonyl (C=O) groups is 1. The molecule has 0 aliphatic heterocycles. The van der Waals surface area contributed by atoms with Crippen LogP contribution in [-0.4, -0.2) is 31.2 Å². The maximum Gasteiger partial charge on any atom is 0.334 e. The van der Waals surface area contributed by atoms with Gasteiger partial charge in [-0.1, -0.05) is 19.9 Å². The topological polar surface area (TPSA) is 29.5 Å². The first-order valence-electron chi connectivity index (χ1n) is 4.59. The molecule has 0 aliphatic rings. The van der Waals surface area contributed by atoms with Crippen LogP contribution in [0.5, 0.6) is 0 Å². The van der Waals surface area contributed by atoms with E-state index in [0.29, 0.717) is 12.3 Å². The number of carbonyl (C=O) groups excluding carboxylic acids is 1. The number of unbranched alkanes of at least 4 members (excludes halogenated alkanes) is 1. The fraction of sp³-hybridized carbons (Fsp3) is 0.700. The molecule has 0 aliphatic carbocycles. The van der Waals surface area contributed by atoms with Gasteiger partial charge < -0.3 is 4.74 Å². The second-order valence-electron chi connectivity index (χ2n) is 3.27. The lowest BCUT2D eigenvalue weighted by Gasteiger charge is -2.15. The van der Waals surface area contributed by atoms with Crippen molar-refractivity contribution in [3.8, 4) is 0 Å². The van der Waals surface area contributed by atoms with Crippen LogP contribution in [0.1, 0.15) is 26.7 Å². The molecule has 3 nitrogen and oxygen atoms in total. The van der Waals surface area contributed by atoms with Gasteiger partial charge in [0.2, 0.25) is 0 Å². The zero-order valence-electron chi connectivity index (χ0n) is 8.80. The van der Waals surface area contributed by atoms with Gasteiger partial charge in [-0.15, -0.1) is 0 Å². The number of hydrogen-bond donors (Lipinski definition) is 0. The first-order chi connectivity index (χ1) is 6.07. The third-order valence-corrected chi connectivity index (χ3v) is 1.66. The Kier molecular flexibility index (Phi) is 6.24. The van der Waals surface area contributed by atoms with Crippen LogP contribution in [0.15, 0.2) is 12.2 Å². The molecule has 0 heterocycles. The highest BCUT2D eigenvalue weighted by molar-refractivity contribution is 5.86. The zero-order valence-corrected chi connectivity index (χ0v) is 8.80. The Balaban J connectivity index is 3.51. The number of hydrogen-bond acceptors (Lipinski definition) is 3. The highest BCUT2D eigenvalue weighted by Gasteiger charge is 2.04. The molecular weight excluding hydrogens is 166 g/mol. The Morgan fingerprint density at radius 1 is 1.54 bits per heavy atom. The van der Waals surface area contributed by atoms with Crippen LogP contribution >= 0.6 is 0 Å². The van der Waals surface area contributed by atoms with E-state index < -0.39 is 0 Å². The van der Waals surface area contributed by atoms with Crippen LogP contribution in [0.2, 0.25) is 0 Å². The largest absolute Gasteiger partial charge is 0.446 e. The first kappa shape index (κ1) is 12.2. The molecule has 0 fully saturated rings. The monoisotopic (exact) mass is 185 g/mol. The average molecular weight is 185 g/mol. The highest BCUT2D eigenvalue weighted by atomic mass is 16.5. The van der Waals surface area contributed by atoms with Crippen LogP contribution < -0.4 is 0 Å². The third-order valence-electron chi connectivity index (χ3n) is 1.66. The summed E-state index contributed by atoms with van der Waals surface area (Å²) in [6.07, 6.45) is 2.28. The van der Waals surface area contributed by atoms with E-state index in [-0.39, 0.29) is 5.97 Å². The summed E-state index contributed by atoms with van der Waals surface area (Å²) in [4.78, 5) is 12.9. The molecule has 0 saturated carbocycles. The van der Waals surface area contributed by atoms with Crippen molar-refractivity contribution in [1.82, 2.24) is 4.90 Å². The van der Waals surface area contributed by atoms with Gasteiger partial charge >= 0.3 is 5.97 Å². The molecule has 0 unspecified atom stereocenters. The minimum atomic E-state index is -0.316. The van der Waals surface area contributed by atoms with Crippen molar-refractivity contribution >= 4 is 5.97 Å². The molecule has 0 atom stereocenters. The summed E-state index contributed by atoms with van der Waals surface area (Å²) in [5.41, 5.74) is 0.448. The molecule has 0 radical (unpaired) electrons. The molecule has 13 heavy (non-hydrogen) atoms. The van der Waals surface area contributed by atoms with Crippen LogP contribution in [0, 0.1) is 0 Å². The van der Waals surface area contributed by atoms with Crippen molar-refractivity contribution in [2.24, 2.45) is 0 Å². The van der Waals surface area contributed by atoms with Gasteiger partial charge in [0.05, 0.1) is 0 Å². The summed E-state index contributed by atoms with van der Waals surface area (Å²) in [6, 6.07) is 0. The summed E-state index contributed by atoms with van der Waals surface area (Å²) >= 11 is 0. The summed E-state index contributed by atoms with van der Waals surface area (Å²) in [5.74, 6) is -0.316. The van der Waals surface area contributed by atoms with E-state index in [0.717, 1.165) is 19.4 Å². The van der Waals surface area contributed by atoms with E-state index in [9.17, 15) is 4.79 Å². The van der Waals surface area contributed by atoms with Gasteiger partial charge in [0.15, 0.2) is 0 Å². The number of esters is 1. The predicted octanol–water partition coefficient (Wildman–Crippen LogP) is 1.80. The van der Waals surface area contributed by atoms with Gasteiger partial charge in [-0.2, -0.15) is 0 Å². The molecule has 0 saturated heterocycles. The third kappa shape index (κ3) is 6.34. The van der Waals surface area contributed by atoms with Crippen molar-refractivity contribution in [3.05, 3.63) is 12.2 Å². The Labute approximate surface area is 80.4 Å². The van der Waals surface area contributed by atoms with Crippen molar-refractivity contribution in [1.29, 1.82) is 0 Å².